The monoisotopic (exact) mass is 489 g/mol. The molecule has 0 saturated carbocycles. The van der Waals surface area contributed by atoms with Crippen LogP contribution in [0.15, 0.2) is 77.8 Å². The number of amidine groups is 1. The van der Waals surface area contributed by atoms with Gasteiger partial charge in [0.2, 0.25) is 18.6 Å². The van der Waals surface area contributed by atoms with Crippen molar-refractivity contribution in [3.05, 3.63) is 78.4 Å². The average Bonchev–Trinajstić information content (AvgIpc) is 3.46. The summed E-state index contributed by atoms with van der Waals surface area (Å²) in [6.07, 6.45) is 0.0923. The van der Waals surface area contributed by atoms with Crippen LogP contribution in [0, 0.1) is 0 Å². The number of hydrogen-bond donors (Lipinski definition) is 1. The van der Waals surface area contributed by atoms with Gasteiger partial charge in [0.05, 0.1) is 19.3 Å². The summed E-state index contributed by atoms with van der Waals surface area (Å²) >= 11 is 1.26. The Bertz CT molecular complexity index is 1260. The summed E-state index contributed by atoms with van der Waals surface area (Å²) in [5.74, 6) is 1.55. The first kappa shape index (κ1) is 22.8. The van der Waals surface area contributed by atoms with Crippen molar-refractivity contribution in [3.8, 4) is 17.2 Å². The maximum Gasteiger partial charge on any atom is 0.247 e. The number of methoxy groups -OCH3 is 1. The molecule has 2 amide bonds. The second-order valence-electron chi connectivity index (χ2n) is 7.88. The van der Waals surface area contributed by atoms with Crippen molar-refractivity contribution >= 4 is 40.1 Å². The molecule has 1 unspecified atom stereocenters. The Morgan fingerprint density at radius 2 is 1.83 bits per heavy atom. The van der Waals surface area contributed by atoms with Crippen LogP contribution in [0.5, 0.6) is 17.2 Å². The van der Waals surface area contributed by atoms with Crippen molar-refractivity contribution in [2.45, 2.75) is 18.2 Å². The molecular formula is C26H23N3O5S. The summed E-state index contributed by atoms with van der Waals surface area (Å²) in [5.41, 5.74) is 2.31. The van der Waals surface area contributed by atoms with Gasteiger partial charge in [-0.1, -0.05) is 36.0 Å². The highest BCUT2D eigenvalue weighted by Gasteiger charge is 2.40. The number of rotatable bonds is 6. The van der Waals surface area contributed by atoms with E-state index in [4.69, 9.17) is 19.2 Å². The van der Waals surface area contributed by atoms with Gasteiger partial charge in [-0.15, -0.1) is 0 Å². The summed E-state index contributed by atoms with van der Waals surface area (Å²) < 4.78 is 16.0. The molecule has 1 N–H and O–H groups in total. The molecule has 1 saturated heterocycles. The predicted molar refractivity (Wildman–Crippen MR) is 135 cm³/mol. The lowest BCUT2D eigenvalue weighted by Crippen LogP contribution is -2.31. The minimum Gasteiger partial charge on any atom is -0.497 e. The van der Waals surface area contributed by atoms with Crippen LogP contribution in [-0.2, 0) is 16.1 Å². The minimum absolute atomic E-state index is 0.0923. The van der Waals surface area contributed by atoms with Crippen molar-refractivity contribution < 1.29 is 23.8 Å². The summed E-state index contributed by atoms with van der Waals surface area (Å²) in [7, 11) is 1.57. The molecule has 178 valence electrons. The van der Waals surface area contributed by atoms with Crippen LogP contribution in [0.2, 0.25) is 0 Å². The molecule has 1 fully saturated rings. The molecular weight excluding hydrogens is 466 g/mol. The Morgan fingerprint density at radius 1 is 1.06 bits per heavy atom. The zero-order valence-corrected chi connectivity index (χ0v) is 19.8. The number of imide groups is 1. The molecule has 2 heterocycles. The highest BCUT2D eigenvalue weighted by atomic mass is 32.2. The smallest absolute Gasteiger partial charge is 0.247 e. The zero-order chi connectivity index (χ0) is 24.2. The summed E-state index contributed by atoms with van der Waals surface area (Å²) in [4.78, 5) is 31.9. The molecule has 2 aliphatic rings. The number of nitrogens with zero attached hydrogens (tertiary/aromatic N) is 2. The molecule has 35 heavy (non-hydrogen) atoms. The van der Waals surface area contributed by atoms with Gasteiger partial charge >= 0.3 is 0 Å². The van der Waals surface area contributed by atoms with E-state index in [-0.39, 0.29) is 25.0 Å². The number of ether oxygens (including phenoxy) is 3. The quantitative estimate of drug-likeness (QED) is 0.311. The van der Waals surface area contributed by atoms with Gasteiger partial charge in [0.25, 0.3) is 0 Å². The van der Waals surface area contributed by atoms with E-state index in [1.807, 2.05) is 48.5 Å². The summed E-state index contributed by atoms with van der Waals surface area (Å²) in [6, 6.07) is 22.1. The van der Waals surface area contributed by atoms with E-state index in [0.717, 1.165) is 11.3 Å². The fourth-order valence-electron chi connectivity index (χ4n) is 3.79. The van der Waals surface area contributed by atoms with Gasteiger partial charge in [-0.05, 0) is 54.1 Å². The maximum atomic E-state index is 13.2. The molecule has 1 atom stereocenters. The molecule has 5 rings (SSSR count). The number of carbonyl (C=O) groups is 2. The Hall–Kier alpha value is -3.98. The van der Waals surface area contributed by atoms with Gasteiger partial charge in [-0.3, -0.25) is 14.6 Å². The van der Waals surface area contributed by atoms with Gasteiger partial charge in [0.15, 0.2) is 16.7 Å². The number of fused-ring (bicyclic) bond motifs is 1. The molecule has 9 heteroatoms. The molecule has 0 spiro atoms. The van der Waals surface area contributed by atoms with Crippen LogP contribution in [0.3, 0.4) is 0 Å². The Kier molecular flexibility index (Phi) is 6.58. The Balaban J connectivity index is 1.35. The minimum atomic E-state index is -0.587. The van der Waals surface area contributed by atoms with Gasteiger partial charge in [-0.25, -0.2) is 4.90 Å². The number of amides is 2. The SMILES string of the molecule is COc1ccc(N2C(=O)CC(SC(=NCc3ccc4c(c3)OCO4)Nc3ccccc3)C2=O)cc1. The first-order valence-corrected chi connectivity index (χ1v) is 11.9. The van der Waals surface area contributed by atoms with E-state index in [9.17, 15) is 9.59 Å². The molecule has 0 aliphatic carbocycles. The van der Waals surface area contributed by atoms with Gasteiger partial charge in [0.1, 0.15) is 11.0 Å². The van der Waals surface area contributed by atoms with Gasteiger partial charge in [0, 0.05) is 12.1 Å². The van der Waals surface area contributed by atoms with Crippen LogP contribution in [0.25, 0.3) is 0 Å². The number of hydrogen-bond acceptors (Lipinski definition) is 7. The van der Waals surface area contributed by atoms with E-state index in [1.54, 1.807) is 31.4 Å². The van der Waals surface area contributed by atoms with E-state index >= 15 is 0 Å². The second kappa shape index (κ2) is 10.1. The Morgan fingerprint density at radius 3 is 2.60 bits per heavy atom. The van der Waals surface area contributed by atoms with Crippen molar-refractivity contribution in [3.63, 3.8) is 0 Å². The van der Waals surface area contributed by atoms with Crippen LogP contribution >= 0.6 is 11.8 Å². The number of nitrogens with one attached hydrogen (secondary N) is 1. The molecule has 3 aromatic rings. The lowest BCUT2D eigenvalue weighted by molar-refractivity contribution is -0.121. The normalized spacial score (nSPS) is 17.1. The lowest BCUT2D eigenvalue weighted by Gasteiger charge is -2.16. The molecule has 8 nitrogen and oxygen atoms in total. The van der Waals surface area contributed by atoms with E-state index in [1.165, 1.54) is 16.7 Å². The molecule has 0 radical (unpaired) electrons. The number of carbonyl (C=O) groups excluding carboxylic acids is 2. The fraction of sp³-hybridized carbons (Fsp3) is 0.192. The molecule has 2 aliphatic heterocycles. The first-order chi connectivity index (χ1) is 17.1. The predicted octanol–water partition coefficient (Wildman–Crippen LogP) is 4.46. The van der Waals surface area contributed by atoms with Gasteiger partial charge < -0.3 is 19.5 Å². The summed E-state index contributed by atoms with van der Waals surface area (Å²) in [6.45, 7) is 0.580. The molecule has 0 bridgehead atoms. The van der Waals surface area contributed by atoms with Crippen molar-refractivity contribution in [2.75, 3.05) is 24.1 Å². The fourth-order valence-corrected chi connectivity index (χ4v) is 4.80. The highest BCUT2D eigenvalue weighted by molar-refractivity contribution is 8.15. The number of anilines is 2. The lowest BCUT2D eigenvalue weighted by atomic mass is 10.2. The van der Waals surface area contributed by atoms with Crippen LogP contribution in [0.4, 0.5) is 11.4 Å². The highest BCUT2D eigenvalue weighted by Crippen LogP contribution is 2.34. The van der Waals surface area contributed by atoms with E-state index in [0.29, 0.717) is 34.6 Å². The standard InChI is InChI=1S/C26H23N3O5S/c1-32-20-10-8-19(9-11-20)29-24(30)14-23(25(29)31)35-26(28-18-5-3-2-4-6-18)27-15-17-7-12-21-22(13-17)34-16-33-21/h2-13,23H,14-16H2,1H3,(H,27,28). The summed E-state index contributed by atoms with van der Waals surface area (Å²) in [5, 5.41) is 3.26. The molecule has 0 aromatic heterocycles. The second-order valence-corrected chi connectivity index (χ2v) is 9.07. The van der Waals surface area contributed by atoms with E-state index in [2.05, 4.69) is 5.32 Å². The maximum absolute atomic E-state index is 13.2. The number of benzene rings is 3. The van der Waals surface area contributed by atoms with Crippen LogP contribution < -0.4 is 24.4 Å². The van der Waals surface area contributed by atoms with Crippen molar-refractivity contribution in [1.82, 2.24) is 0 Å². The third-order valence-corrected chi connectivity index (χ3v) is 6.66. The largest absolute Gasteiger partial charge is 0.497 e. The number of aliphatic imine (C=N–C) groups is 1. The third-order valence-electron chi connectivity index (χ3n) is 5.56. The average molecular weight is 490 g/mol. The Labute approximate surface area is 206 Å². The molecule has 3 aromatic carbocycles. The van der Waals surface area contributed by atoms with Crippen molar-refractivity contribution in [2.24, 2.45) is 4.99 Å². The topological polar surface area (TPSA) is 89.5 Å². The van der Waals surface area contributed by atoms with E-state index < -0.39 is 5.25 Å². The third kappa shape index (κ3) is 5.09. The van der Waals surface area contributed by atoms with Crippen LogP contribution in [0.1, 0.15) is 12.0 Å². The zero-order valence-electron chi connectivity index (χ0n) is 19.0. The van der Waals surface area contributed by atoms with Crippen molar-refractivity contribution in [1.29, 1.82) is 0 Å². The van der Waals surface area contributed by atoms with Gasteiger partial charge in [-0.2, -0.15) is 0 Å². The van der Waals surface area contributed by atoms with Crippen LogP contribution in [-0.4, -0.2) is 36.1 Å². The first-order valence-electron chi connectivity index (χ1n) is 11.0. The number of para-hydroxylation sites is 1. The number of thioether (sulfide) groups is 1.